The predicted octanol–water partition coefficient (Wildman–Crippen LogP) is 6.59. The number of hydrogen-bond donors (Lipinski definition) is 9. The van der Waals surface area contributed by atoms with Crippen LogP contribution in [0.4, 0.5) is 34.1 Å². The van der Waals surface area contributed by atoms with Crippen LogP contribution < -0.4 is 34.4 Å². The zero-order valence-corrected chi connectivity index (χ0v) is 31.8. The first kappa shape index (κ1) is 35.6. The Morgan fingerprint density at radius 1 is 0.550 bits per heavy atom. The number of carboxylic acid groups (broad SMARTS) is 1. The summed E-state index contributed by atoms with van der Waals surface area (Å²) in [6.45, 7) is 0. The molecule has 8 bridgehead atoms. The molecule has 4 aromatic heterocycles. The van der Waals surface area contributed by atoms with Crippen molar-refractivity contribution in [3.05, 3.63) is 87.6 Å². The monoisotopic (exact) mass is 807 g/mol. The van der Waals surface area contributed by atoms with E-state index in [9.17, 15) is 15.2 Å². The van der Waals surface area contributed by atoms with Crippen LogP contribution >= 0.6 is 11.3 Å². The number of nitriles is 1. The molecule has 4 aromatic carbocycles. The Bertz CT molecular complexity index is 3520. The number of H-pyrrole nitrogens is 2. The Kier molecular flexibility index (Phi) is 7.78. The van der Waals surface area contributed by atoms with E-state index in [2.05, 4.69) is 9.97 Å². The molecule has 18 heteroatoms. The van der Waals surface area contributed by atoms with Crippen LogP contribution in [0, 0.1) is 11.3 Å². The molecular formula is C42H29N15O2S. The van der Waals surface area contributed by atoms with Crippen LogP contribution in [0.5, 0.6) is 0 Å². The van der Waals surface area contributed by atoms with Gasteiger partial charge in [0, 0.05) is 53.6 Å². The van der Waals surface area contributed by atoms with Crippen molar-refractivity contribution >= 4 is 114 Å². The van der Waals surface area contributed by atoms with Crippen molar-refractivity contribution in [2.45, 2.75) is 0 Å². The molecule has 10 rings (SSSR count). The van der Waals surface area contributed by atoms with E-state index in [0.29, 0.717) is 123 Å². The molecule has 60 heavy (non-hydrogen) atoms. The van der Waals surface area contributed by atoms with E-state index in [-0.39, 0.29) is 5.57 Å². The lowest BCUT2D eigenvalue weighted by Crippen LogP contribution is -1.96. The third-order valence-corrected chi connectivity index (χ3v) is 11.2. The topological polar surface area (TPSA) is 326 Å². The summed E-state index contributed by atoms with van der Waals surface area (Å²) in [4.78, 5) is 49.5. The zero-order chi connectivity index (χ0) is 41.6. The summed E-state index contributed by atoms with van der Waals surface area (Å²) < 4.78 is 0. The number of aliphatic carboxylic acids is 1. The summed E-state index contributed by atoms with van der Waals surface area (Å²) in [5.41, 5.74) is 44.7. The first-order valence-electron chi connectivity index (χ1n) is 18.1. The second-order valence-electron chi connectivity index (χ2n) is 14.0. The van der Waals surface area contributed by atoms with Crippen molar-refractivity contribution in [2.24, 2.45) is 0 Å². The SMILES string of the molecule is N#C/C(=C\c1ccc(/C=C/c2ccc3c4nc5nc(nc6[nH]c(nc7nc(nc([nH]4)c3c2)-c2cc(N)c(N)cc2-7)c2cc(N)c(N)cc62)-c2cc(N)c(N)cc2-5)s1)C(=O)O. The molecule has 2 aliphatic rings. The minimum atomic E-state index is -1.28. The van der Waals surface area contributed by atoms with Crippen LogP contribution in [0.15, 0.2) is 72.3 Å². The number of nitrogens with two attached hydrogens (primary N) is 6. The molecule has 0 spiro atoms. The van der Waals surface area contributed by atoms with Crippen molar-refractivity contribution in [2.75, 3.05) is 34.4 Å². The number of anilines is 6. The summed E-state index contributed by atoms with van der Waals surface area (Å²) in [5.74, 6) is 0.00520. The Morgan fingerprint density at radius 2 is 0.967 bits per heavy atom. The molecule has 15 N–H and O–H groups in total. The number of nitrogen functional groups attached to an aromatic ring is 6. The molecule has 0 saturated carbocycles. The Labute approximate surface area is 341 Å². The van der Waals surface area contributed by atoms with Crippen molar-refractivity contribution in [1.82, 2.24) is 39.9 Å². The van der Waals surface area contributed by atoms with Crippen LogP contribution in [0.25, 0.3) is 108 Å². The third-order valence-electron chi connectivity index (χ3n) is 10.2. The van der Waals surface area contributed by atoms with Gasteiger partial charge in [0.05, 0.1) is 34.1 Å². The second-order valence-corrected chi connectivity index (χ2v) is 15.2. The Hall–Kier alpha value is -8.82. The number of benzene rings is 4. The first-order chi connectivity index (χ1) is 28.9. The smallest absolute Gasteiger partial charge is 0.346 e. The number of aromatic amines is 2. The van der Waals surface area contributed by atoms with Gasteiger partial charge >= 0.3 is 5.97 Å². The standard InChI is InChI=1S/C42H29N15O2S/c43-15-17(42(58)59)8-19-5-4-18(60-19)3-1-16-2-6-20-21(7-16)35-50-34(20)51-36-22-9-28(44)29(45)10-23(22)38(53-36)55-40-26-13-32(48)33(49)14-27(26)41(57-40)56-39-25-12-31(47)30(46)11-24(25)37(52-35)54-39/h1-14H,44-49H2,(H,58,59)(H2,50,51,52,53,54,55,56,57)/b3-1+,17-8+. The lowest BCUT2D eigenvalue weighted by Gasteiger charge is -2.04. The van der Waals surface area contributed by atoms with Crippen LogP contribution in [-0.2, 0) is 4.79 Å². The minimum absolute atomic E-state index is 0.315. The highest BCUT2D eigenvalue weighted by Crippen LogP contribution is 2.41. The number of carboxylic acids is 1. The Morgan fingerprint density at radius 3 is 1.42 bits per heavy atom. The number of aromatic nitrogens is 8. The highest BCUT2D eigenvalue weighted by atomic mass is 32.1. The van der Waals surface area contributed by atoms with Crippen LogP contribution in [0.3, 0.4) is 0 Å². The highest BCUT2D eigenvalue weighted by molar-refractivity contribution is 7.13. The van der Waals surface area contributed by atoms with Gasteiger partial charge < -0.3 is 49.5 Å². The van der Waals surface area contributed by atoms with Gasteiger partial charge in [-0.15, -0.1) is 11.3 Å². The van der Waals surface area contributed by atoms with Gasteiger partial charge in [0.25, 0.3) is 0 Å². The van der Waals surface area contributed by atoms with Gasteiger partial charge in [-0.3, -0.25) is 0 Å². The summed E-state index contributed by atoms with van der Waals surface area (Å²) in [7, 11) is 0. The molecule has 0 atom stereocenters. The number of hydrogen-bond acceptors (Lipinski definition) is 15. The number of thiophene rings is 1. The predicted molar refractivity (Wildman–Crippen MR) is 237 cm³/mol. The third kappa shape index (κ3) is 5.81. The number of fused-ring (bicyclic) bond motifs is 20. The van der Waals surface area contributed by atoms with Gasteiger partial charge in [0.1, 0.15) is 34.2 Å². The summed E-state index contributed by atoms with van der Waals surface area (Å²) >= 11 is 1.35. The lowest BCUT2D eigenvalue weighted by molar-refractivity contribution is -0.132. The van der Waals surface area contributed by atoms with E-state index in [1.807, 2.05) is 36.4 Å². The molecule has 0 amide bonds. The number of nitrogens with zero attached hydrogens (tertiary/aromatic N) is 7. The molecule has 8 aromatic rings. The highest BCUT2D eigenvalue weighted by Gasteiger charge is 2.24. The number of rotatable bonds is 4. The van der Waals surface area contributed by atoms with E-state index in [1.54, 1.807) is 48.5 Å². The van der Waals surface area contributed by atoms with Gasteiger partial charge in [0.15, 0.2) is 23.3 Å². The summed E-state index contributed by atoms with van der Waals surface area (Å²) in [6.07, 6.45) is 5.16. The largest absolute Gasteiger partial charge is 0.477 e. The quantitative estimate of drug-likeness (QED) is 0.0515. The second kappa shape index (κ2) is 13.1. The molecule has 0 radical (unpaired) electrons. The zero-order valence-electron chi connectivity index (χ0n) is 30.9. The lowest BCUT2D eigenvalue weighted by atomic mass is 10.1. The number of nitrogens with one attached hydrogen (secondary N) is 2. The molecule has 0 unspecified atom stereocenters. The van der Waals surface area contributed by atoms with Gasteiger partial charge in [-0.1, -0.05) is 12.1 Å². The van der Waals surface area contributed by atoms with E-state index in [1.165, 1.54) is 17.4 Å². The van der Waals surface area contributed by atoms with Crippen LogP contribution in [0.2, 0.25) is 0 Å². The minimum Gasteiger partial charge on any atom is -0.477 e. The maximum Gasteiger partial charge on any atom is 0.346 e. The van der Waals surface area contributed by atoms with Crippen molar-refractivity contribution in [3.8, 4) is 51.6 Å². The van der Waals surface area contributed by atoms with E-state index in [4.69, 9.17) is 64.3 Å². The fourth-order valence-corrected chi connectivity index (χ4v) is 8.01. The average Bonchev–Trinajstić information content (AvgIpc) is 4.03. The van der Waals surface area contributed by atoms with Crippen molar-refractivity contribution < 1.29 is 9.90 Å². The molecule has 6 heterocycles. The molecule has 0 aliphatic carbocycles. The maximum atomic E-state index is 11.4. The normalized spacial score (nSPS) is 12.2. The van der Waals surface area contributed by atoms with Gasteiger partial charge in [-0.2, -0.15) is 5.26 Å². The fourth-order valence-electron chi connectivity index (χ4n) is 7.15. The Balaban J connectivity index is 1.26. The van der Waals surface area contributed by atoms with Gasteiger partial charge in [-0.25, -0.2) is 34.7 Å². The fraction of sp³-hybridized carbons (Fsp3) is 0. The van der Waals surface area contributed by atoms with E-state index < -0.39 is 5.97 Å². The molecule has 2 aliphatic heterocycles. The van der Waals surface area contributed by atoms with Crippen LogP contribution in [-0.4, -0.2) is 50.9 Å². The summed E-state index contributed by atoms with van der Waals surface area (Å²) in [6, 6.07) is 21.5. The first-order valence-corrected chi connectivity index (χ1v) is 18.9. The van der Waals surface area contributed by atoms with Gasteiger partial charge in [-0.05, 0) is 78.4 Å². The van der Waals surface area contributed by atoms with Gasteiger partial charge in [0.2, 0.25) is 0 Å². The maximum absolute atomic E-state index is 11.4. The molecular weight excluding hydrogens is 779 g/mol. The molecule has 0 saturated heterocycles. The average molecular weight is 808 g/mol. The molecule has 290 valence electrons. The van der Waals surface area contributed by atoms with Crippen molar-refractivity contribution in [1.29, 1.82) is 5.26 Å². The van der Waals surface area contributed by atoms with E-state index >= 15 is 0 Å². The summed E-state index contributed by atoms with van der Waals surface area (Å²) in [5, 5.41) is 21.2. The van der Waals surface area contributed by atoms with Crippen molar-refractivity contribution in [3.63, 3.8) is 0 Å². The van der Waals surface area contributed by atoms with E-state index in [0.717, 1.165) is 15.8 Å². The molecule has 0 fully saturated rings. The number of carbonyl (C=O) groups is 1. The molecule has 17 nitrogen and oxygen atoms in total. The van der Waals surface area contributed by atoms with Crippen LogP contribution in [0.1, 0.15) is 15.3 Å².